The molecular weight excluding hydrogens is 424 g/mol. The van der Waals surface area contributed by atoms with E-state index < -0.39 is 28.4 Å². The van der Waals surface area contributed by atoms with Gasteiger partial charge in [-0.05, 0) is 37.5 Å². The van der Waals surface area contributed by atoms with E-state index in [0.29, 0.717) is 18.6 Å². The number of hydrogen-bond donors (Lipinski definition) is 1. The van der Waals surface area contributed by atoms with E-state index in [4.69, 9.17) is 4.74 Å². The molecule has 1 atom stereocenters. The third kappa shape index (κ3) is 5.72. The zero-order valence-electron chi connectivity index (χ0n) is 18.5. The fourth-order valence-electron chi connectivity index (χ4n) is 3.67. The first-order chi connectivity index (χ1) is 15.8. The number of nitro benzene ring substituents is 1. The monoisotopic (exact) mass is 450 g/mol. The van der Waals surface area contributed by atoms with Crippen molar-refractivity contribution >= 4 is 23.5 Å². The highest BCUT2D eigenvalue weighted by molar-refractivity contribution is 6.14. The van der Waals surface area contributed by atoms with Crippen LogP contribution in [-0.4, -0.2) is 45.9 Å². The summed E-state index contributed by atoms with van der Waals surface area (Å²) in [5.74, 6) is -1.87. The Morgan fingerprint density at radius 1 is 1.21 bits per heavy atom. The Hall–Kier alpha value is -3.78. The molecule has 1 N–H and O–H groups in total. The fraction of sp³-hybridized carbons (Fsp3) is 0.280. The number of carbonyl (C=O) groups is 2. The second kappa shape index (κ2) is 10.7. The molecule has 2 aromatic carbocycles. The van der Waals surface area contributed by atoms with E-state index in [1.165, 1.54) is 29.2 Å². The quantitative estimate of drug-likeness (QED) is 0.249. The predicted octanol–water partition coefficient (Wildman–Crippen LogP) is 4.39. The third-order valence-corrected chi connectivity index (χ3v) is 5.19. The minimum atomic E-state index is -0.940. The molecule has 1 aliphatic rings. The summed E-state index contributed by atoms with van der Waals surface area (Å²) in [5, 5.41) is 21.9. The summed E-state index contributed by atoms with van der Waals surface area (Å²) in [6.45, 7) is 4.40. The number of ether oxygens (including phenoxy) is 1. The number of aliphatic hydroxyl groups excluding tert-OH is 1. The molecule has 172 valence electrons. The summed E-state index contributed by atoms with van der Waals surface area (Å²) in [6.07, 6.45) is 3.39. The van der Waals surface area contributed by atoms with E-state index in [1.54, 1.807) is 12.1 Å². The van der Waals surface area contributed by atoms with Crippen LogP contribution in [-0.2, 0) is 14.3 Å². The number of rotatable bonds is 10. The van der Waals surface area contributed by atoms with Gasteiger partial charge in [0, 0.05) is 25.3 Å². The highest BCUT2D eigenvalue weighted by Gasteiger charge is 2.42. The van der Waals surface area contributed by atoms with Gasteiger partial charge in [0.25, 0.3) is 11.6 Å². The number of hydrogen-bond acceptors (Lipinski definition) is 6. The molecule has 8 nitrogen and oxygen atoms in total. The Kier molecular flexibility index (Phi) is 7.74. The van der Waals surface area contributed by atoms with Crippen molar-refractivity contribution in [2.75, 3.05) is 13.2 Å². The van der Waals surface area contributed by atoms with E-state index in [0.717, 1.165) is 5.56 Å². The van der Waals surface area contributed by atoms with Gasteiger partial charge < -0.3 is 14.7 Å². The molecule has 1 heterocycles. The number of carbonyl (C=O) groups excluding carboxylic acids is 2. The van der Waals surface area contributed by atoms with Gasteiger partial charge in [-0.2, -0.15) is 0 Å². The van der Waals surface area contributed by atoms with Gasteiger partial charge in [0.2, 0.25) is 0 Å². The van der Waals surface area contributed by atoms with Crippen molar-refractivity contribution in [3.8, 4) is 0 Å². The predicted molar refractivity (Wildman–Crippen MR) is 123 cm³/mol. The summed E-state index contributed by atoms with van der Waals surface area (Å²) < 4.78 is 5.54. The lowest BCUT2D eigenvalue weighted by Crippen LogP contribution is -2.32. The van der Waals surface area contributed by atoms with Gasteiger partial charge in [-0.15, -0.1) is 0 Å². The Morgan fingerprint density at radius 3 is 2.61 bits per heavy atom. The maximum Gasteiger partial charge on any atom is 0.290 e. The molecule has 0 unspecified atom stereocenters. The summed E-state index contributed by atoms with van der Waals surface area (Å²) in [7, 11) is 0. The first-order valence-electron chi connectivity index (χ1n) is 10.7. The molecule has 0 saturated carbocycles. The maximum absolute atomic E-state index is 13.1. The molecule has 33 heavy (non-hydrogen) atoms. The summed E-state index contributed by atoms with van der Waals surface area (Å²) in [4.78, 5) is 38.1. The number of amides is 1. The number of aliphatic hydroxyl groups is 1. The van der Waals surface area contributed by atoms with Gasteiger partial charge in [0.1, 0.15) is 0 Å². The molecule has 0 bridgehead atoms. The smallest absolute Gasteiger partial charge is 0.290 e. The van der Waals surface area contributed by atoms with Crippen LogP contribution in [0.4, 0.5) is 5.69 Å². The van der Waals surface area contributed by atoms with Crippen LogP contribution in [0, 0.1) is 10.1 Å². The highest BCUT2D eigenvalue weighted by Crippen LogP contribution is 2.39. The third-order valence-electron chi connectivity index (χ3n) is 5.19. The van der Waals surface area contributed by atoms with Crippen LogP contribution < -0.4 is 0 Å². The molecule has 0 saturated heterocycles. The van der Waals surface area contributed by atoms with Crippen molar-refractivity contribution in [3.63, 3.8) is 0 Å². The van der Waals surface area contributed by atoms with E-state index in [9.17, 15) is 24.8 Å². The number of allylic oxidation sites excluding steroid dienone is 1. The van der Waals surface area contributed by atoms with Crippen molar-refractivity contribution in [3.05, 3.63) is 93.2 Å². The zero-order chi connectivity index (χ0) is 24.0. The summed E-state index contributed by atoms with van der Waals surface area (Å²) in [6, 6.07) is 14.0. The first-order valence-corrected chi connectivity index (χ1v) is 10.7. The molecule has 1 amide bonds. The lowest BCUT2D eigenvalue weighted by molar-refractivity contribution is -0.384. The van der Waals surface area contributed by atoms with Crippen LogP contribution in [0.5, 0.6) is 0 Å². The molecular formula is C25H26N2O6. The Balaban J connectivity index is 1.95. The van der Waals surface area contributed by atoms with Crippen molar-refractivity contribution < 1.29 is 24.4 Å². The van der Waals surface area contributed by atoms with Gasteiger partial charge in [0.05, 0.1) is 22.6 Å². The van der Waals surface area contributed by atoms with Crippen molar-refractivity contribution in [1.82, 2.24) is 4.90 Å². The lowest BCUT2D eigenvalue weighted by atomic mass is 9.95. The van der Waals surface area contributed by atoms with E-state index in [1.807, 2.05) is 44.2 Å². The van der Waals surface area contributed by atoms with Gasteiger partial charge in [-0.3, -0.25) is 19.7 Å². The second-order valence-corrected chi connectivity index (χ2v) is 7.90. The fourth-order valence-corrected chi connectivity index (χ4v) is 3.67. The van der Waals surface area contributed by atoms with Crippen LogP contribution in [0.2, 0.25) is 0 Å². The molecule has 1 aliphatic heterocycles. The van der Waals surface area contributed by atoms with Gasteiger partial charge in [-0.1, -0.05) is 48.5 Å². The van der Waals surface area contributed by atoms with Crippen LogP contribution in [0.3, 0.4) is 0 Å². The van der Waals surface area contributed by atoms with Gasteiger partial charge in [0.15, 0.2) is 11.5 Å². The molecule has 0 spiro atoms. The average Bonchev–Trinajstić information content (AvgIpc) is 3.06. The van der Waals surface area contributed by atoms with Crippen LogP contribution in [0.1, 0.15) is 37.4 Å². The largest absolute Gasteiger partial charge is 0.503 e. The number of ketones is 1. The number of nitro groups is 1. The standard InChI is InChI=1S/C25H26N2O6/c1-17(2)33-15-7-14-26-23(19-10-6-11-20(16-19)27(31)32)22(24(29)25(26)30)21(28)13-12-18-8-4-3-5-9-18/h3-6,8-13,16-17,23,29H,7,14-15H2,1-2H3/b13-12+/t23-/m1/s1. The van der Waals surface area contributed by atoms with E-state index >= 15 is 0 Å². The SMILES string of the molecule is CC(C)OCCCN1C(=O)C(O)=C(C(=O)/C=C/c2ccccc2)[C@H]1c1cccc([N+](=O)[O-])c1. The number of nitrogens with zero attached hydrogens (tertiary/aromatic N) is 2. The Bertz CT molecular complexity index is 1090. The van der Waals surface area contributed by atoms with Crippen molar-refractivity contribution in [2.45, 2.75) is 32.4 Å². The second-order valence-electron chi connectivity index (χ2n) is 7.90. The number of non-ortho nitro benzene ring substituents is 1. The summed E-state index contributed by atoms with van der Waals surface area (Å²) in [5.41, 5.74) is 0.895. The normalized spacial score (nSPS) is 16.3. The minimum absolute atomic E-state index is 0.0265. The maximum atomic E-state index is 13.1. The molecule has 3 rings (SSSR count). The van der Waals surface area contributed by atoms with Crippen molar-refractivity contribution in [2.24, 2.45) is 0 Å². The molecule has 0 aliphatic carbocycles. The van der Waals surface area contributed by atoms with E-state index in [-0.39, 0.29) is 23.9 Å². The van der Waals surface area contributed by atoms with Gasteiger partial charge >= 0.3 is 0 Å². The van der Waals surface area contributed by atoms with Crippen LogP contribution in [0.25, 0.3) is 6.08 Å². The minimum Gasteiger partial charge on any atom is -0.503 e. The van der Waals surface area contributed by atoms with Crippen LogP contribution >= 0.6 is 0 Å². The molecule has 0 radical (unpaired) electrons. The number of benzene rings is 2. The molecule has 0 aromatic heterocycles. The average molecular weight is 450 g/mol. The highest BCUT2D eigenvalue weighted by atomic mass is 16.6. The Labute approximate surface area is 191 Å². The van der Waals surface area contributed by atoms with E-state index in [2.05, 4.69) is 0 Å². The molecule has 2 aromatic rings. The zero-order valence-corrected chi connectivity index (χ0v) is 18.5. The molecule has 8 heteroatoms. The topological polar surface area (TPSA) is 110 Å². The summed E-state index contributed by atoms with van der Waals surface area (Å²) >= 11 is 0. The molecule has 0 fully saturated rings. The lowest BCUT2D eigenvalue weighted by Gasteiger charge is -2.26. The van der Waals surface area contributed by atoms with Gasteiger partial charge in [-0.25, -0.2) is 0 Å². The van der Waals surface area contributed by atoms with Crippen LogP contribution in [0.15, 0.2) is 72.0 Å². The van der Waals surface area contributed by atoms with Crippen molar-refractivity contribution in [1.29, 1.82) is 0 Å². The Morgan fingerprint density at radius 2 is 1.94 bits per heavy atom. The first kappa shape index (κ1) is 23.9.